The van der Waals surface area contributed by atoms with E-state index in [2.05, 4.69) is 12.2 Å². The van der Waals surface area contributed by atoms with Crippen LogP contribution in [0.4, 0.5) is 0 Å². The molecule has 0 aliphatic carbocycles. The predicted octanol–water partition coefficient (Wildman–Crippen LogP) is -6.15. The van der Waals surface area contributed by atoms with Crippen LogP contribution < -0.4 is 39.3 Å². The first-order valence-corrected chi connectivity index (χ1v) is 1.56. The van der Waals surface area contributed by atoms with Crippen molar-refractivity contribution >= 4 is 23.1 Å². The minimum absolute atomic E-state index is 0. The number of halogens is 2. The van der Waals surface area contributed by atoms with Gasteiger partial charge in [0, 0.05) is 0 Å². The first kappa shape index (κ1) is 23.4. The molecule has 0 heterocycles. The van der Waals surface area contributed by atoms with Crippen LogP contribution in [0, 0.1) is 0 Å². The molecule has 0 amide bonds. The van der Waals surface area contributed by atoms with Crippen LogP contribution in [-0.2, 0) is 0 Å². The van der Waals surface area contributed by atoms with Crippen molar-refractivity contribution in [1.82, 2.24) is 5.32 Å². The van der Waals surface area contributed by atoms with Gasteiger partial charge >= 0.3 is 23.1 Å². The fourth-order valence-corrected chi connectivity index (χ4v) is 0. The zero-order valence-electron chi connectivity index (χ0n) is 4.67. The molecule has 0 saturated heterocycles. The summed E-state index contributed by atoms with van der Waals surface area (Å²) in [7, 11) is 1.93. The summed E-state index contributed by atoms with van der Waals surface area (Å²) in [6.07, 6.45) is 0. The summed E-state index contributed by atoms with van der Waals surface area (Å²) < 4.78 is 0. The van der Waals surface area contributed by atoms with Gasteiger partial charge in [0.05, 0.1) is 0 Å². The smallest absolute Gasteiger partial charge is 1.00 e. The molecular weight excluding hydrogens is 234 g/mol. The average molecular weight is 243 g/mol. The van der Waals surface area contributed by atoms with Crippen molar-refractivity contribution in [1.29, 1.82) is 0 Å². The van der Waals surface area contributed by atoms with E-state index in [-0.39, 0.29) is 57.0 Å². The van der Waals surface area contributed by atoms with Gasteiger partial charge in [-0.2, -0.15) is 0 Å². The van der Waals surface area contributed by atoms with Crippen molar-refractivity contribution in [3.8, 4) is 0 Å². The number of rotatable bonds is 1. The third-order valence-corrected chi connectivity index (χ3v) is 0.354. The van der Waals surface area contributed by atoms with Gasteiger partial charge in [-0.3, -0.25) is 0 Å². The van der Waals surface area contributed by atoms with Gasteiger partial charge in [0.1, 0.15) is 0 Å². The molecule has 4 heteroatoms. The fourth-order valence-electron chi connectivity index (χ4n) is 0. The molecule has 0 saturated carbocycles. The Morgan fingerprint density at radius 2 is 1.43 bits per heavy atom. The average Bonchev–Trinajstić information content (AvgIpc) is 1.37. The van der Waals surface area contributed by atoms with Crippen LogP contribution in [0.5, 0.6) is 0 Å². The zero-order chi connectivity index (χ0) is 3.41. The normalized spacial score (nSPS) is 4.29. The maximum absolute atomic E-state index is 2.93. The summed E-state index contributed by atoms with van der Waals surface area (Å²) in [5.74, 6) is 0. The van der Waals surface area contributed by atoms with Gasteiger partial charge in [0.15, 0.2) is 0 Å². The molecule has 0 fully saturated rings. The van der Waals surface area contributed by atoms with Crippen molar-refractivity contribution in [2.45, 2.75) is 6.92 Å². The summed E-state index contributed by atoms with van der Waals surface area (Å²) in [6, 6.07) is 0. The van der Waals surface area contributed by atoms with E-state index in [1.807, 2.05) is 7.05 Å². The second-order valence-corrected chi connectivity index (χ2v) is 0.707. The van der Waals surface area contributed by atoms with Gasteiger partial charge in [-0.15, -0.1) is 0 Å². The Labute approximate surface area is 82.3 Å². The van der Waals surface area contributed by atoms with Crippen LogP contribution in [0.25, 0.3) is 0 Å². The van der Waals surface area contributed by atoms with Gasteiger partial charge in [-0.25, -0.2) is 0 Å². The molecule has 0 aliphatic heterocycles. The quantitative estimate of drug-likeness (QED) is 0.452. The molecule has 0 spiro atoms. The van der Waals surface area contributed by atoms with Crippen LogP contribution in [0.15, 0.2) is 0 Å². The SMILES string of the molecule is CCNC.[Br-].[Br-].[Mg+2]. The Morgan fingerprint density at radius 1 is 1.29 bits per heavy atom. The molecular formula is C3H9Br2MgN. The molecule has 1 N–H and O–H groups in total. The maximum Gasteiger partial charge on any atom is 2.00 e. The number of hydrogen-bond acceptors (Lipinski definition) is 1. The fraction of sp³-hybridized carbons (Fsp3) is 1.00. The van der Waals surface area contributed by atoms with E-state index in [1.54, 1.807) is 0 Å². The van der Waals surface area contributed by atoms with E-state index in [0.29, 0.717) is 0 Å². The van der Waals surface area contributed by atoms with E-state index in [0.717, 1.165) is 6.54 Å². The number of hydrogen-bond donors (Lipinski definition) is 1. The summed E-state index contributed by atoms with van der Waals surface area (Å²) in [6.45, 7) is 3.14. The van der Waals surface area contributed by atoms with E-state index < -0.39 is 0 Å². The molecule has 0 radical (unpaired) electrons. The van der Waals surface area contributed by atoms with Crippen molar-refractivity contribution in [3.05, 3.63) is 0 Å². The Bertz CT molecular complexity index is 14.9. The standard InChI is InChI=1S/C3H9N.2BrH.Mg/c1-3-4-2;;;/h4H,3H2,1-2H3;2*1H;/q;;;+2/p-2. The van der Waals surface area contributed by atoms with Gasteiger partial charge < -0.3 is 39.3 Å². The molecule has 1 nitrogen and oxygen atoms in total. The third kappa shape index (κ3) is 34.4. The molecule has 0 aromatic heterocycles. The van der Waals surface area contributed by atoms with Crippen LogP contribution in [0.1, 0.15) is 6.92 Å². The van der Waals surface area contributed by atoms with E-state index in [4.69, 9.17) is 0 Å². The topological polar surface area (TPSA) is 12.0 Å². The van der Waals surface area contributed by atoms with Gasteiger partial charge in [-0.1, -0.05) is 6.92 Å². The Hall–Kier alpha value is 1.69. The Balaban J connectivity index is -0.0000000150. The number of nitrogens with one attached hydrogen (secondary N) is 1. The molecule has 0 aromatic carbocycles. The van der Waals surface area contributed by atoms with Gasteiger partial charge in [0.2, 0.25) is 0 Å². The zero-order valence-corrected chi connectivity index (χ0v) is 9.26. The van der Waals surface area contributed by atoms with Crippen molar-refractivity contribution in [2.24, 2.45) is 0 Å². The molecule has 0 bridgehead atoms. The summed E-state index contributed by atoms with van der Waals surface area (Å²) in [4.78, 5) is 0. The Kier molecular flexibility index (Phi) is 84.4. The molecule has 0 aliphatic rings. The monoisotopic (exact) mass is 241 g/mol. The first-order chi connectivity index (χ1) is 1.91. The van der Waals surface area contributed by atoms with Gasteiger partial charge in [-0.05, 0) is 13.6 Å². The minimum Gasteiger partial charge on any atom is -1.00 e. The van der Waals surface area contributed by atoms with Crippen LogP contribution in [0.2, 0.25) is 0 Å². The maximum atomic E-state index is 2.93. The minimum atomic E-state index is 0. The largest absolute Gasteiger partial charge is 2.00 e. The molecule has 0 rings (SSSR count). The molecule has 0 unspecified atom stereocenters. The van der Waals surface area contributed by atoms with E-state index in [1.165, 1.54) is 0 Å². The van der Waals surface area contributed by atoms with Crippen molar-refractivity contribution in [3.63, 3.8) is 0 Å². The summed E-state index contributed by atoms with van der Waals surface area (Å²) >= 11 is 0. The molecule has 0 aromatic rings. The second kappa shape index (κ2) is 25.3. The first-order valence-electron chi connectivity index (χ1n) is 1.56. The second-order valence-electron chi connectivity index (χ2n) is 0.707. The molecule has 0 atom stereocenters. The van der Waals surface area contributed by atoms with E-state index in [9.17, 15) is 0 Å². The Morgan fingerprint density at radius 3 is 1.43 bits per heavy atom. The van der Waals surface area contributed by atoms with Crippen LogP contribution in [-0.4, -0.2) is 36.6 Å². The predicted molar refractivity (Wildman–Crippen MR) is 25.4 cm³/mol. The molecule has 42 valence electrons. The summed E-state index contributed by atoms with van der Waals surface area (Å²) in [5, 5.41) is 2.93. The van der Waals surface area contributed by atoms with Crippen molar-refractivity contribution in [2.75, 3.05) is 13.6 Å². The van der Waals surface area contributed by atoms with Crippen LogP contribution >= 0.6 is 0 Å². The third-order valence-electron chi connectivity index (χ3n) is 0.354. The molecule has 7 heavy (non-hydrogen) atoms. The van der Waals surface area contributed by atoms with E-state index >= 15 is 0 Å². The van der Waals surface area contributed by atoms with Crippen LogP contribution in [0.3, 0.4) is 0 Å². The van der Waals surface area contributed by atoms with Crippen molar-refractivity contribution < 1.29 is 34.0 Å². The summed E-state index contributed by atoms with van der Waals surface area (Å²) in [5.41, 5.74) is 0. The van der Waals surface area contributed by atoms with Gasteiger partial charge in [0.25, 0.3) is 0 Å².